The Kier molecular flexibility index (Phi) is 5.71. The third-order valence-electron chi connectivity index (χ3n) is 6.06. The number of nitrogens with zero attached hydrogens (tertiary/aromatic N) is 4. The molecule has 7 nitrogen and oxygen atoms in total. The van der Waals surface area contributed by atoms with E-state index in [0.29, 0.717) is 37.0 Å². The van der Waals surface area contributed by atoms with Gasteiger partial charge in [-0.3, -0.25) is 18.7 Å². The van der Waals surface area contributed by atoms with Gasteiger partial charge in [-0.25, -0.2) is 14.2 Å². The molecule has 1 fully saturated rings. The van der Waals surface area contributed by atoms with Crippen LogP contribution in [0.3, 0.4) is 0 Å². The van der Waals surface area contributed by atoms with Gasteiger partial charge < -0.3 is 4.90 Å². The Labute approximate surface area is 178 Å². The lowest BCUT2D eigenvalue weighted by atomic mass is 9.93. The van der Waals surface area contributed by atoms with Crippen LogP contribution >= 0.6 is 0 Å². The highest BCUT2D eigenvalue weighted by atomic mass is 19.1. The molecular weight excluding hydrogens is 399 g/mol. The molecule has 0 aliphatic carbocycles. The number of rotatable bonds is 4. The van der Waals surface area contributed by atoms with E-state index in [1.54, 1.807) is 25.2 Å². The molecule has 1 amide bonds. The Morgan fingerprint density at radius 1 is 1.10 bits per heavy atom. The lowest BCUT2D eigenvalue weighted by Gasteiger charge is -2.32. The van der Waals surface area contributed by atoms with Crippen molar-refractivity contribution >= 4 is 16.9 Å². The topological polar surface area (TPSA) is 77.2 Å². The predicted octanol–water partition coefficient (Wildman–Crippen LogP) is 2.11. The number of fused-ring (bicyclic) bond motifs is 1. The zero-order valence-corrected chi connectivity index (χ0v) is 17.7. The van der Waals surface area contributed by atoms with Crippen LogP contribution in [0.2, 0.25) is 0 Å². The summed E-state index contributed by atoms with van der Waals surface area (Å²) >= 11 is 0. The molecule has 0 saturated carbocycles. The van der Waals surface area contributed by atoms with E-state index >= 15 is 0 Å². The van der Waals surface area contributed by atoms with Crippen molar-refractivity contribution in [3.05, 3.63) is 74.3 Å². The molecule has 3 aromatic rings. The van der Waals surface area contributed by atoms with Crippen LogP contribution in [-0.2, 0) is 25.3 Å². The maximum Gasteiger partial charge on any atom is 0.332 e. The summed E-state index contributed by atoms with van der Waals surface area (Å²) < 4.78 is 15.5. The zero-order valence-electron chi connectivity index (χ0n) is 17.7. The Morgan fingerprint density at radius 2 is 1.84 bits per heavy atom. The minimum absolute atomic E-state index is 0.0482. The summed E-state index contributed by atoms with van der Waals surface area (Å²) in [6, 6.07) is 9.76. The zero-order chi connectivity index (χ0) is 22.1. The molecule has 0 N–H and O–H groups in total. The molecule has 31 heavy (non-hydrogen) atoms. The number of hydrogen-bond acceptors (Lipinski definition) is 4. The normalized spacial score (nSPS) is 16.6. The van der Waals surface area contributed by atoms with Gasteiger partial charge in [0.1, 0.15) is 11.5 Å². The van der Waals surface area contributed by atoms with Crippen molar-refractivity contribution in [2.45, 2.75) is 31.6 Å². The second kappa shape index (κ2) is 8.45. The number of likely N-dealkylation sites (tertiary alicyclic amines) is 1. The minimum atomic E-state index is -0.414. The molecule has 1 aliphatic heterocycles. The SMILES string of the molecule is Cn1c(=O)c2ccc(C3CCCN(C(=O)CCc4ccc(F)cc4)C3)nc2n(C)c1=O. The molecule has 0 bridgehead atoms. The van der Waals surface area contributed by atoms with Crippen LogP contribution in [0.25, 0.3) is 11.0 Å². The second-order valence-electron chi connectivity index (χ2n) is 8.12. The van der Waals surface area contributed by atoms with Gasteiger partial charge in [0.05, 0.1) is 5.39 Å². The number of aromatic nitrogens is 3. The average Bonchev–Trinajstić information content (AvgIpc) is 2.80. The molecule has 8 heteroatoms. The summed E-state index contributed by atoms with van der Waals surface area (Å²) in [5, 5.41) is 0.399. The van der Waals surface area contributed by atoms with Gasteiger partial charge in [-0.1, -0.05) is 12.1 Å². The molecule has 4 rings (SSSR count). The van der Waals surface area contributed by atoms with Gasteiger partial charge in [0.25, 0.3) is 5.56 Å². The van der Waals surface area contributed by atoms with Crippen LogP contribution in [-0.4, -0.2) is 38.0 Å². The van der Waals surface area contributed by atoms with E-state index in [2.05, 4.69) is 4.98 Å². The molecule has 162 valence electrons. The summed E-state index contributed by atoms with van der Waals surface area (Å²) in [4.78, 5) is 43.9. The molecule has 2 aromatic heterocycles. The van der Waals surface area contributed by atoms with Crippen LogP contribution in [0.1, 0.15) is 36.4 Å². The van der Waals surface area contributed by atoms with Crippen LogP contribution in [0.5, 0.6) is 0 Å². The number of pyridine rings is 1. The van der Waals surface area contributed by atoms with Crippen LogP contribution in [0, 0.1) is 5.82 Å². The fraction of sp³-hybridized carbons (Fsp3) is 0.391. The quantitative estimate of drug-likeness (QED) is 0.643. The maximum absolute atomic E-state index is 13.0. The van der Waals surface area contributed by atoms with E-state index in [0.717, 1.165) is 28.7 Å². The number of hydrogen-bond donors (Lipinski definition) is 0. The number of amides is 1. The number of aryl methyl sites for hydroxylation is 2. The average molecular weight is 424 g/mol. The van der Waals surface area contributed by atoms with Crippen molar-refractivity contribution in [2.75, 3.05) is 13.1 Å². The number of benzene rings is 1. The molecule has 0 spiro atoms. The smallest absolute Gasteiger partial charge is 0.332 e. The monoisotopic (exact) mass is 424 g/mol. The largest absolute Gasteiger partial charge is 0.342 e. The molecule has 3 heterocycles. The summed E-state index contributed by atoms with van der Waals surface area (Å²) in [5.74, 6) is -0.171. The van der Waals surface area contributed by atoms with E-state index < -0.39 is 5.69 Å². The Balaban J connectivity index is 1.51. The highest BCUT2D eigenvalue weighted by Crippen LogP contribution is 2.27. The Morgan fingerprint density at radius 3 is 2.58 bits per heavy atom. The van der Waals surface area contributed by atoms with E-state index in [-0.39, 0.29) is 23.2 Å². The van der Waals surface area contributed by atoms with Gasteiger partial charge in [-0.15, -0.1) is 0 Å². The lowest BCUT2D eigenvalue weighted by molar-refractivity contribution is -0.132. The lowest BCUT2D eigenvalue weighted by Crippen LogP contribution is -2.40. The van der Waals surface area contributed by atoms with Gasteiger partial charge in [0.2, 0.25) is 5.91 Å². The van der Waals surface area contributed by atoms with E-state index in [1.165, 1.54) is 23.7 Å². The summed E-state index contributed by atoms with van der Waals surface area (Å²) in [6.07, 6.45) is 2.69. The second-order valence-corrected chi connectivity index (χ2v) is 8.12. The molecule has 1 aromatic carbocycles. The standard InChI is InChI=1S/C23H25FN4O3/c1-26-21-18(22(30)27(2)23(26)31)10-11-19(25-21)16-4-3-13-28(14-16)20(29)12-7-15-5-8-17(24)9-6-15/h5-6,8-11,16H,3-4,7,12-14H2,1-2H3. The predicted molar refractivity (Wildman–Crippen MR) is 116 cm³/mol. The number of carbonyl (C=O) groups is 1. The van der Waals surface area contributed by atoms with E-state index in [4.69, 9.17) is 0 Å². The van der Waals surface area contributed by atoms with Gasteiger partial charge in [0, 0.05) is 45.2 Å². The van der Waals surface area contributed by atoms with Crippen molar-refractivity contribution in [1.29, 1.82) is 0 Å². The Hall–Kier alpha value is -3.29. The third-order valence-corrected chi connectivity index (χ3v) is 6.06. The van der Waals surface area contributed by atoms with Crippen molar-refractivity contribution in [3.8, 4) is 0 Å². The number of piperidine rings is 1. The number of halogens is 1. The highest BCUT2D eigenvalue weighted by Gasteiger charge is 2.26. The molecule has 1 aliphatic rings. The third kappa shape index (κ3) is 4.15. The first-order valence-corrected chi connectivity index (χ1v) is 10.4. The fourth-order valence-corrected chi connectivity index (χ4v) is 4.20. The molecular formula is C23H25FN4O3. The van der Waals surface area contributed by atoms with E-state index in [9.17, 15) is 18.8 Å². The van der Waals surface area contributed by atoms with Crippen molar-refractivity contribution in [2.24, 2.45) is 14.1 Å². The molecule has 1 unspecified atom stereocenters. The van der Waals surface area contributed by atoms with Gasteiger partial charge in [-0.2, -0.15) is 0 Å². The Bertz CT molecular complexity index is 1250. The van der Waals surface area contributed by atoms with Crippen molar-refractivity contribution in [3.63, 3.8) is 0 Å². The highest BCUT2D eigenvalue weighted by molar-refractivity contribution is 5.77. The van der Waals surface area contributed by atoms with Crippen LogP contribution < -0.4 is 11.2 Å². The molecule has 1 saturated heterocycles. The maximum atomic E-state index is 13.0. The molecule has 1 atom stereocenters. The first-order valence-electron chi connectivity index (χ1n) is 10.4. The summed E-state index contributed by atoms with van der Waals surface area (Å²) in [6.45, 7) is 1.25. The minimum Gasteiger partial charge on any atom is -0.342 e. The van der Waals surface area contributed by atoms with E-state index in [1.807, 2.05) is 11.0 Å². The summed E-state index contributed by atoms with van der Waals surface area (Å²) in [5.41, 5.74) is 1.31. The van der Waals surface area contributed by atoms with Crippen molar-refractivity contribution in [1.82, 2.24) is 19.0 Å². The van der Waals surface area contributed by atoms with Crippen molar-refractivity contribution < 1.29 is 9.18 Å². The van der Waals surface area contributed by atoms with Gasteiger partial charge in [0.15, 0.2) is 0 Å². The molecule has 0 radical (unpaired) electrons. The van der Waals surface area contributed by atoms with Crippen LogP contribution in [0.15, 0.2) is 46.0 Å². The van der Waals surface area contributed by atoms with Crippen LogP contribution in [0.4, 0.5) is 4.39 Å². The first kappa shape index (κ1) is 21.0. The fourth-order valence-electron chi connectivity index (χ4n) is 4.20. The van der Waals surface area contributed by atoms with Gasteiger partial charge >= 0.3 is 5.69 Å². The number of carbonyl (C=O) groups excluding carboxylic acids is 1. The first-order chi connectivity index (χ1) is 14.8. The van der Waals surface area contributed by atoms with Gasteiger partial charge in [-0.05, 0) is 49.1 Å². The summed E-state index contributed by atoms with van der Waals surface area (Å²) in [7, 11) is 3.06.